The lowest BCUT2D eigenvalue weighted by Crippen LogP contribution is -2.32. The molecule has 0 unspecified atom stereocenters. The molecular formula is C25H22ClN3O3. The van der Waals surface area contributed by atoms with Gasteiger partial charge in [0, 0.05) is 24.8 Å². The Morgan fingerprint density at radius 1 is 1.00 bits per heavy atom. The van der Waals surface area contributed by atoms with E-state index in [0.29, 0.717) is 5.02 Å². The van der Waals surface area contributed by atoms with Gasteiger partial charge in [-0.2, -0.15) is 0 Å². The Labute approximate surface area is 189 Å². The van der Waals surface area contributed by atoms with Crippen LogP contribution in [0.1, 0.15) is 28.8 Å². The first kappa shape index (κ1) is 20.4. The van der Waals surface area contributed by atoms with Crippen LogP contribution in [0.5, 0.6) is 0 Å². The molecule has 6 nitrogen and oxygen atoms in total. The summed E-state index contributed by atoms with van der Waals surface area (Å²) in [6, 6.07) is 20.1. The molecule has 7 heteroatoms. The van der Waals surface area contributed by atoms with E-state index in [4.69, 9.17) is 11.6 Å². The molecule has 0 aliphatic heterocycles. The highest BCUT2D eigenvalue weighted by Gasteiger charge is 2.49. The highest BCUT2D eigenvalue weighted by molar-refractivity contribution is 6.31. The van der Waals surface area contributed by atoms with Crippen LogP contribution in [0.15, 0.2) is 71.5 Å². The summed E-state index contributed by atoms with van der Waals surface area (Å²) >= 11 is 6.31. The number of rotatable bonds is 5. The smallest absolute Gasteiger partial charge is 0.335 e. The fourth-order valence-corrected chi connectivity index (χ4v) is 4.60. The van der Waals surface area contributed by atoms with Crippen LogP contribution in [0, 0.1) is 0 Å². The summed E-state index contributed by atoms with van der Waals surface area (Å²) in [5, 5.41) is 9.99. The third kappa shape index (κ3) is 3.10. The van der Waals surface area contributed by atoms with E-state index in [0.717, 1.165) is 40.8 Å². The van der Waals surface area contributed by atoms with Gasteiger partial charge in [0.2, 0.25) is 0 Å². The second-order valence-electron chi connectivity index (χ2n) is 8.41. The molecule has 1 N–H and O–H groups in total. The molecule has 32 heavy (non-hydrogen) atoms. The molecule has 1 heterocycles. The lowest BCUT2D eigenvalue weighted by molar-refractivity contribution is 0.0696. The monoisotopic (exact) mass is 447 g/mol. The maximum Gasteiger partial charge on any atom is 0.335 e. The SMILES string of the molecule is CN(C)c1ccc(-n2c(=O)n(C3(c4cccc(C(=O)O)c4)CC3)c3ccc(Cl)cc32)cc1. The van der Waals surface area contributed by atoms with Gasteiger partial charge in [-0.1, -0.05) is 23.7 Å². The summed E-state index contributed by atoms with van der Waals surface area (Å²) in [6.45, 7) is 0. The van der Waals surface area contributed by atoms with Gasteiger partial charge in [0.15, 0.2) is 0 Å². The molecular weight excluding hydrogens is 426 g/mol. The van der Waals surface area contributed by atoms with E-state index in [2.05, 4.69) is 0 Å². The van der Waals surface area contributed by atoms with E-state index in [-0.39, 0.29) is 11.3 Å². The molecule has 1 aliphatic carbocycles. The third-order valence-electron chi connectivity index (χ3n) is 6.22. The molecule has 4 aromatic rings. The minimum atomic E-state index is -0.981. The molecule has 0 atom stereocenters. The predicted molar refractivity (Wildman–Crippen MR) is 127 cm³/mol. The Balaban J connectivity index is 1.75. The van der Waals surface area contributed by atoms with Gasteiger partial charge in [0.05, 0.1) is 27.8 Å². The second-order valence-corrected chi connectivity index (χ2v) is 8.85. The Kier molecular flexibility index (Phi) is 4.64. The summed E-state index contributed by atoms with van der Waals surface area (Å²) in [6.07, 6.45) is 1.52. The molecule has 1 fully saturated rings. The van der Waals surface area contributed by atoms with Gasteiger partial charge in [-0.25, -0.2) is 9.59 Å². The quantitative estimate of drug-likeness (QED) is 0.479. The van der Waals surface area contributed by atoms with Gasteiger partial charge in [0.1, 0.15) is 0 Å². The normalized spacial score (nSPS) is 14.5. The molecule has 0 saturated heterocycles. The molecule has 162 valence electrons. The molecule has 0 bridgehead atoms. The number of aromatic carboxylic acids is 1. The van der Waals surface area contributed by atoms with E-state index in [1.165, 1.54) is 0 Å². The van der Waals surface area contributed by atoms with E-state index < -0.39 is 11.5 Å². The molecule has 1 aromatic heterocycles. The van der Waals surface area contributed by atoms with Crippen molar-refractivity contribution < 1.29 is 9.90 Å². The Hall–Kier alpha value is -3.51. The zero-order valence-corrected chi connectivity index (χ0v) is 18.5. The summed E-state index contributed by atoms with van der Waals surface area (Å²) < 4.78 is 3.49. The number of anilines is 1. The van der Waals surface area contributed by atoms with Gasteiger partial charge in [-0.3, -0.25) is 9.13 Å². The second kappa shape index (κ2) is 7.28. The van der Waals surface area contributed by atoms with Crippen molar-refractivity contribution in [2.75, 3.05) is 19.0 Å². The van der Waals surface area contributed by atoms with Crippen molar-refractivity contribution in [1.29, 1.82) is 0 Å². The first-order valence-electron chi connectivity index (χ1n) is 10.4. The summed E-state index contributed by atoms with van der Waals surface area (Å²) in [5.41, 5.74) is 3.59. The van der Waals surface area contributed by atoms with E-state index >= 15 is 0 Å². The van der Waals surface area contributed by atoms with Gasteiger partial charge in [0.25, 0.3) is 0 Å². The molecule has 1 aliphatic rings. The van der Waals surface area contributed by atoms with Crippen LogP contribution >= 0.6 is 11.6 Å². The molecule has 3 aromatic carbocycles. The van der Waals surface area contributed by atoms with E-state index in [1.54, 1.807) is 39.5 Å². The molecule has 0 amide bonds. The summed E-state index contributed by atoms with van der Waals surface area (Å²) in [5.74, 6) is -0.981. The number of hydrogen-bond acceptors (Lipinski definition) is 3. The van der Waals surface area contributed by atoms with Gasteiger partial charge in [-0.15, -0.1) is 0 Å². The number of aromatic nitrogens is 2. The first-order valence-corrected chi connectivity index (χ1v) is 10.7. The van der Waals surface area contributed by atoms with Gasteiger partial charge < -0.3 is 10.0 Å². The van der Waals surface area contributed by atoms with Crippen molar-refractivity contribution in [2.24, 2.45) is 0 Å². The van der Waals surface area contributed by atoms with Crippen LogP contribution in [0.25, 0.3) is 16.7 Å². The number of hydrogen-bond donors (Lipinski definition) is 1. The van der Waals surface area contributed by atoms with Crippen molar-refractivity contribution in [3.05, 3.63) is 93.4 Å². The van der Waals surface area contributed by atoms with E-state index in [1.807, 2.05) is 55.4 Å². The maximum absolute atomic E-state index is 13.9. The average molecular weight is 448 g/mol. The molecule has 5 rings (SSSR count). The Morgan fingerprint density at radius 3 is 2.34 bits per heavy atom. The van der Waals surface area contributed by atoms with Crippen molar-refractivity contribution >= 4 is 34.3 Å². The topological polar surface area (TPSA) is 67.5 Å². The van der Waals surface area contributed by atoms with Crippen molar-refractivity contribution in [1.82, 2.24) is 9.13 Å². The lowest BCUT2D eigenvalue weighted by atomic mass is 10.0. The number of carboxylic acids is 1. The lowest BCUT2D eigenvalue weighted by Gasteiger charge is -2.18. The number of fused-ring (bicyclic) bond motifs is 1. The number of carboxylic acid groups (broad SMARTS) is 1. The standard InChI is InChI=1S/C25H22ClN3O3/c1-27(2)19-7-9-20(10-8-19)28-22-15-18(26)6-11-21(22)29(24(28)32)25(12-13-25)17-5-3-4-16(14-17)23(30)31/h3-11,14-15H,12-13H2,1-2H3,(H,30,31). The Bertz CT molecular complexity index is 1410. The van der Waals surface area contributed by atoms with Gasteiger partial charge >= 0.3 is 11.7 Å². The van der Waals surface area contributed by atoms with Crippen LogP contribution in [0.2, 0.25) is 5.02 Å². The maximum atomic E-state index is 13.9. The first-order chi connectivity index (χ1) is 15.3. The summed E-state index contributed by atoms with van der Waals surface area (Å²) in [7, 11) is 3.93. The summed E-state index contributed by atoms with van der Waals surface area (Å²) in [4.78, 5) is 27.4. The van der Waals surface area contributed by atoms with Crippen molar-refractivity contribution in [3.8, 4) is 5.69 Å². The minimum absolute atomic E-state index is 0.168. The van der Waals surface area contributed by atoms with Crippen molar-refractivity contribution in [2.45, 2.75) is 18.4 Å². The predicted octanol–water partition coefficient (Wildman–Crippen LogP) is 4.75. The van der Waals surface area contributed by atoms with Crippen LogP contribution in [-0.4, -0.2) is 34.3 Å². The molecule has 1 saturated carbocycles. The van der Waals surface area contributed by atoms with Crippen LogP contribution < -0.4 is 10.6 Å². The highest BCUT2D eigenvalue weighted by Crippen LogP contribution is 2.50. The molecule has 0 spiro atoms. The number of carbonyl (C=O) groups is 1. The average Bonchev–Trinajstić information content (AvgIpc) is 3.52. The van der Waals surface area contributed by atoms with Gasteiger partial charge in [-0.05, 0) is 73.0 Å². The molecule has 0 radical (unpaired) electrons. The van der Waals surface area contributed by atoms with Crippen LogP contribution in [-0.2, 0) is 5.54 Å². The third-order valence-corrected chi connectivity index (χ3v) is 6.46. The number of benzene rings is 3. The number of nitrogens with zero attached hydrogens (tertiary/aromatic N) is 3. The number of halogens is 1. The highest BCUT2D eigenvalue weighted by atomic mass is 35.5. The largest absolute Gasteiger partial charge is 0.478 e. The Morgan fingerprint density at radius 2 is 1.72 bits per heavy atom. The van der Waals surface area contributed by atoms with Crippen LogP contribution in [0.3, 0.4) is 0 Å². The number of imidazole rings is 1. The minimum Gasteiger partial charge on any atom is -0.478 e. The van der Waals surface area contributed by atoms with Crippen LogP contribution in [0.4, 0.5) is 5.69 Å². The zero-order valence-electron chi connectivity index (χ0n) is 17.7. The van der Waals surface area contributed by atoms with Crippen molar-refractivity contribution in [3.63, 3.8) is 0 Å². The fraction of sp³-hybridized carbons (Fsp3) is 0.200. The fourth-order valence-electron chi connectivity index (χ4n) is 4.44. The van der Waals surface area contributed by atoms with E-state index in [9.17, 15) is 14.7 Å². The zero-order chi connectivity index (χ0) is 22.6.